The summed E-state index contributed by atoms with van der Waals surface area (Å²) >= 11 is 0. The summed E-state index contributed by atoms with van der Waals surface area (Å²) in [5.41, 5.74) is 0.919. The van der Waals surface area contributed by atoms with Crippen LogP contribution >= 0.6 is 0 Å². The van der Waals surface area contributed by atoms with E-state index in [0.717, 1.165) is 6.26 Å². The van der Waals surface area contributed by atoms with Crippen LogP contribution in [0.25, 0.3) is 0 Å². The van der Waals surface area contributed by atoms with Crippen molar-refractivity contribution in [2.24, 2.45) is 0 Å². The number of aryl methyl sites for hydroxylation is 2. The number of halogens is 1. The molecule has 0 saturated heterocycles. The maximum Gasteiger partial charge on any atom is 0.180 e. The number of hydrogen-bond acceptors (Lipinski definition) is 3. The summed E-state index contributed by atoms with van der Waals surface area (Å²) in [4.78, 5) is 11.9. The minimum Gasteiger partial charge on any atom is -0.293 e. The van der Waals surface area contributed by atoms with Crippen LogP contribution in [-0.2, 0) is 9.84 Å². The molecule has 1 rings (SSSR count). The van der Waals surface area contributed by atoms with E-state index in [1.807, 2.05) is 0 Å². The highest BCUT2D eigenvalue weighted by atomic mass is 32.2. The van der Waals surface area contributed by atoms with E-state index in [9.17, 15) is 17.6 Å². The van der Waals surface area contributed by atoms with Gasteiger partial charge < -0.3 is 0 Å². The fourth-order valence-electron chi connectivity index (χ4n) is 1.52. The Morgan fingerprint density at radius 3 is 2.00 bits per heavy atom. The molecule has 1 atom stereocenters. The van der Waals surface area contributed by atoms with Crippen LogP contribution in [0.5, 0.6) is 0 Å². The molecular formula is C12H15FO3S. The molecule has 0 aromatic heterocycles. The standard InChI is InChI=1S/C12H15FO3S/c1-7-5-10(6-8(2)11(7)13)12(14)9(3)17(4,15)16/h5-6,9H,1-4H3. The van der Waals surface area contributed by atoms with Crippen molar-refractivity contribution in [3.63, 3.8) is 0 Å². The van der Waals surface area contributed by atoms with Gasteiger partial charge in [-0.15, -0.1) is 0 Å². The van der Waals surface area contributed by atoms with E-state index in [2.05, 4.69) is 0 Å². The molecule has 0 amide bonds. The number of benzene rings is 1. The monoisotopic (exact) mass is 258 g/mol. The minimum atomic E-state index is -3.43. The molecule has 0 saturated carbocycles. The summed E-state index contributed by atoms with van der Waals surface area (Å²) in [5.74, 6) is -0.868. The first kappa shape index (κ1) is 13.8. The van der Waals surface area contributed by atoms with E-state index in [-0.39, 0.29) is 11.4 Å². The van der Waals surface area contributed by atoms with Gasteiger partial charge in [0.05, 0.1) is 0 Å². The molecule has 0 radical (unpaired) electrons. The Hall–Kier alpha value is -1.23. The zero-order valence-electron chi connectivity index (χ0n) is 10.2. The minimum absolute atomic E-state index is 0.235. The van der Waals surface area contributed by atoms with Crippen LogP contribution in [0.1, 0.15) is 28.4 Å². The maximum absolute atomic E-state index is 13.4. The van der Waals surface area contributed by atoms with Gasteiger partial charge in [0.1, 0.15) is 11.1 Å². The zero-order valence-corrected chi connectivity index (χ0v) is 11.1. The summed E-state index contributed by atoms with van der Waals surface area (Å²) in [6.07, 6.45) is 1.01. The Kier molecular flexibility index (Phi) is 3.71. The highest BCUT2D eigenvalue weighted by Crippen LogP contribution is 2.17. The Balaban J connectivity index is 3.23. The molecule has 0 bridgehead atoms. The summed E-state index contributed by atoms with van der Waals surface area (Å²) in [6.45, 7) is 4.43. The van der Waals surface area contributed by atoms with E-state index in [4.69, 9.17) is 0 Å². The SMILES string of the molecule is Cc1cc(C(=O)C(C)S(C)(=O)=O)cc(C)c1F. The van der Waals surface area contributed by atoms with Crippen molar-refractivity contribution in [1.82, 2.24) is 0 Å². The fourth-order valence-corrected chi connectivity index (χ4v) is 2.04. The summed E-state index contributed by atoms with van der Waals surface area (Å²) in [6, 6.07) is 2.76. The lowest BCUT2D eigenvalue weighted by atomic mass is 10.0. The van der Waals surface area contributed by atoms with Gasteiger partial charge in [-0.25, -0.2) is 12.8 Å². The van der Waals surface area contributed by atoms with Gasteiger partial charge in [-0.2, -0.15) is 0 Å². The predicted octanol–water partition coefficient (Wildman–Crippen LogP) is 2.06. The Bertz CT molecular complexity index is 538. The van der Waals surface area contributed by atoms with Gasteiger partial charge >= 0.3 is 0 Å². The maximum atomic E-state index is 13.4. The number of ketones is 1. The Labute approximate surface area is 101 Å². The van der Waals surface area contributed by atoms with Gasteiger partial charge in [-0.05, 0) is 44.0 Å². The topological polar surface area (TPSA) is 51.2 Å². The largest absolute Gasteiger partial charge is 0.293 e. The van der Waals surface area contributed by atoms with E-state index in [1.165, 1.54) is 19.1 Å². The van der Waals surface area contributed by atoms with Crippen LogP contribution < -0.4 is 0 Å². The molecule has 0 aliphatic carbocycles. The van der Waals surface area contributed by atoms with Crippen LogP contribution in [0.4, 0.5) is 4.39 Å². The van der Waals surface area contributed by atoms with Crippen molar-refractivity contribution < 1.29 is 17.6 Å². The molecule has 0 heterocycles. The van der Waals surface area contributed by atoms with Crippen molar-refractivity contribution in [2.45, 2.75) is 26.0 Å². The molecule has 5 heteroatoms. The third-order valence-corrected chi connectivity index (χ3v) is 4.23. The smallest absolute Gasteiger partial charge is 0.180 e. The normalized spacial score (nSPS) is 13.5. The first-order chi connectivity index (χ1) is 7.64. The molecule has 1 unspecified atom stereocenters. The fraction of sp³-hybridized carbons (Fsp3) is 0.417. The number of Topliss-reactive ketones (excluding diaryl/α,β-unsaturated/α-hetero) is 1. The number of carbonyl (C=O) groups is 1. The first-order valence-corrected chi connectivity index (χ1v) is 7.10. The Morgan fingerprint density at radius 1 is 1.24 bits per heavy atom. The highest BCUT2D eigenvalue weighted by Gasteiger charge is 2.25. The molecular weight excluding hydrogens is 243 g/mol. The lowest BCUT2D eigenvalue weighted by Gasteiger charge is -2.10. The summed E-state index contributed by atoms with van der Waals surface area (Å²) in [5, 5.41) is -1.10. The van der Waals surface area contributed by atoms with Crippen molar-refractivity contribution in [3.8, 4) is 0 Å². The van der Waals surface area contributed by atoms with Gasteiger partial charge in [-0.1, -0.05) is 0 Å². The van der Waals surface area contributed by atoms with Gasteiger partial charge in [-0.3, -0.25) is 4.79 Å². The average Bonchev–Trinajstić information content (AvgIpc) is 2.21. The molecule has 1 aromatic carbocycles. The zero-order chi connectivity index (χ0) is 13.4. The van der Waals surface area contributed by atoms with Crippen molar-refractivity contribution in [1.29, 1.82) is 0 Å². The van der Waals surface area contributed by atoms with Crippen LogP contribution in [0.3, 0.4) is 0 Å². The van der Waals surface area contributed by atoms with E-state index in [0.29, 0.717) is 11.1 Å². The lowest BCUT2D eigenvalue weighted by Crippen LogP contribution is -2.26. The molecule has 17 heavy (non-hydrogen) atoms. The first-order valence-electron chi connectivity index (χ1n) is 5.14. The predicted molar refractivity (Wildman–Crippen MR) is 64.5 cm³/mol. The quantitative estimate of drug-likeness (QED) is 0.780. The molecule has 1 aromatic rings. The average molecular weight is 258 g/mol. The number of hydrogen-bond donors (Lipinski definition) is 0. The second-order valence-electron chi connectivity index (χ2n) is 4.26. The molecule has 94 valence electrons. The van der Waals surface area contributed by atoms with Gasteiger partial charge in [0.25, 0.3) is 0 Å². The van der Waals surface area contributed by atoms with E-state index >= 15 is 0 Å². The molecule has 0 aliphatic heterocycles. The Morgan fingerprint density at radius 2 is 1.65 bits per heavy atom. The second kappa shape index (κ2) is 4.56. The van der Waals surface area contributed by atoms with Crippen molar-refractivity contribution in [2.75, 3.05) is 6.26 Å². The van der Waals surface area contributed by atoms with E-state index in [1.54, 1.807) is 13.8 Å². The molecule has 0 N–H and O–H groups in total. The van der Waals surface area contributed by atoms with Crippen LogP contribution in [0.15, 0.2) is 12.1 Å². The number of sulfone groups is 1. The van der Waals surface area contributed by atoms with Crippen molar-refractivity contribution in [3.05, 3.63) is 34.6 Å². The molecule has 3 nitrogen and oxygen atoms in total. The van der Waals surface area contributed by atoms with Crippen molar-refractivity contribution >= 4 is 15.6 Å². The lowest BCUT2D eigenvalue weighted by molar-refractivity contribution is 0.0991. The molecule has 0 spiro atoms. The molecule has 0 aliphatic rings. The molecule has 0 fully saturated rings. The third kappa shape index (κ3) is 2.91. The van der Waals surface area contributed by atoms with Gasteiger partial charge in [0.2, 0.25) is 0 Å². The van der Waals surface area contributed by atoms with Crippen LogP contribution in [-0.4, -0.2) is 25.7 Å². The summed E-state index contributed by atoms with van der Waals surface area (Å²) < 4.78 is 36.0. The second-order valence-corrected chi connectivity index (χ2v) is 6.63. The summed E-state index contributed by atoms with van der Waals surface area (Å²) in [7, 11) is -3.43. The number of carbonyl (C=O) groups excluding carboxylic acids is 1. The van der Waals surface area contributed by atoms with Crippen LogP contribution in [0, 0.1) is 19.7 Å². The number of rotatable bonds is 3. The van der Waals surface area contributed by atoms with Crippen LogP contribution in [0.2, 0.25) is 0 Å². The van der Waals surface area contributed by atoms with E-state index < -0.39 is 20.9 Å². The van der Waals surface area contributed by atoms with Gasteiger partial charge in [0, 0.05) is 11.8 Å². The third-order valence-electron chi connectivity index (χ3n) is 2.73. The van der Waals surface area contributed by atoms with Gasteiger partial charge in [0.15, 0.2) is 15.6 Å². The highest BCUT2D eigenvalue weighted by molar-refractivity contribution is 7.92.